The molecule has 0 amide bonds. The van der Waals surface area contributed by atoms with Gasteiger partial charge in [0.25, 0.3) is 0 Å². The molecule has 3 aromatic rings. The molecule has 110 valence electrons. The average Bonchev–Trinajstić information content (AvgIpc) is 3.18. The van der Waals surface area contributed by atoms with Crippen LogP contribution in [-0.2, 0) is 0 Å². The summed E-state index contributed by atoms with van der Waals surface area (Å²) in [5, 5.41) is 6.52. The minimum atomic E-state index is 0.0553. The van der Waals surface area contributed by atoms with Gasteiger partial charge in [-0.3, -0.25) is 0 Å². The largest absolute Gasteiger partial charge is 0.481 e. The SMILES string of the molecule is CCNCCC(Oc1cccc2ccoc12)c1cccs1. The molecule has 1 unspecified atom stereocenters. The van der Waals surface area contributed by atoms with Crippen LogP contribution in [0.5, 0.6) is 5.75 Å². The smallest absolute Gasteiger partial charge is 0.175 e. The number of ether oxygens (including phenoxy) is 1. The van der Waals surface area contributed by atoms with Crippen molar-refractivity contribution in [3.8, 4) is 5.75 Å². The van der Waals surface area contributed by atoms with Crippen molar-refractivity contribution in [2.24, 2.45) is 0 Å². The third-order valence-electron chi connectivity index (χ3n) is 3.41. The van der Waals surface area contributed by atoms with E-state index in [9.17, 15) is 0 Å². The zero-order valence-corrected chi connectivity index (χ0v) is 12.9. The lowest BCUT2D eigenvalue weighted by Gasteiger charge is -2.18. The van der Waals surface area contributed by atoms with Crippen molar-refractivity contribution in [3.63, 3.8) is 0 Å². The molecule has 3 rings (SSSR count). The van der Waals surface area contributed by atoms with Gasteiger partial charge in [0, 0.05) is 16.7 Å². The molecule has 4 heteroatoms. The quantitative estimate of drug-likeness (QED) is 0.647. The minimum absolute atomic E-state index is 0.0553. The maximum atomic E-state index is 6.25. The Morgan fingerprint density at radius 1 is 1.24 bits per heavy atom. The number of thiophene rings is 1. The Hall–Kier alpha value is -1.78. The van der Waals surface area contributed by atoms with E-state index >= 15 is 0 Å². The normalized spacial score (nSPS) is 12.6. The van der Waals surface area contributed by atoms with Gasteiger partial charge in [-0.1, -0.05) is 25.1 Å². The molecule has 0 bridgehead atoms. The summed E-state index contributed by atoms with van der Waals surface area (Å²) in [6.45, 7) is 4.03. The Bertz CT molecular complexity index is 675. The number of furan rings is 1. The summed E-state index contributed by atoms with van der Waals surface area (Å²) in [6, 6.07) is 12.2. The molecular formula is C17H19NO2S. The summed E-state index contributed by atoms with van der Waals surface area (Å²) in [4.78, 5) is 1.25. The monoisotopic (exact) mass is 301 g/mol. The predicted octanol–water partition coefficient (Wildman–Crippen LogP) is 4.61. The average molecular weight is 301 g/mol. The second-order valence-electron chi connectivity index (χ2n) is 4.86. The number of hydrogen-bond acceptors (Lipinski definition) is 4. The fraction of sp³-hybridized carbons (Fsp3) is 0.294. The molecule has 0 saturated carbocycles. The fourth-order valence-corrected chi connectivity index (χ4v) is 3.14. The summed E-state index contributed by atoms with van der Waals surface area (Å²) in [7, 11) is 0. The number of rotatable bonds is 7. The van der Waals surface area contributed by atoms with Crippen LogP contribution in [0.4, 0.5) is 0 Å². The lowest BCUT2D eigenvalue weighted by atomic mass is 10.2. The van der Waals surface area contributed by atoms with Crippen molar-refractivity contribution in [1.29, 1.82) is 0 Å². The van der Waals surface area contributed by atoms with Crippen molar-refractivity contribution in [1.82, 2.24) is 5.32 Å². The molecule has 1 aromatic carbocycles. The second-order valence-corrected chi connectivity index (χ2v) is 5.84. The van der Waals surface area contributed by atoms with Crippen molar-refractivity contribution in [2.75, 3.05) is 13.1 Å². The molecule has 0 aliphatic heterocycles. The van der Waals surface area contributed by atoms with Gasteiger partial charge in [0.2, 0.25) is 0 Å². The summed E-state index contributed by atoms with van der Waals surface area (Å²) in [5.74, 6) is 0.812. The molecule has 0 saturated heterocycles. The maximum absolute atomic E-state index is 6.25. The Labute approximate surface area is 128 Å². The Morgan fingerprint density at radius 3 is 3.00 bits per heavy atom. The van der Waals surface area contributed by atoms with Gasteiger partial charge in [-0.15, -0.1) is 11.3 Å². The van der Waals surface area contributed by atoms with Gasteiger partial charge in [-0.2, -0.15) is 0 Å². The maximum Gasteiger partial charge on any atom is 0.175 e. The van der Waals surface area contributed by atoms with Crippen LogP contribution in [0.1, 0.15) is 24.3 Å². The highest BCUT2D eigenvalue weighted by Crippen LogP contribution is 2.33. The van der Waals surface area contributed by atoms with Gasteiger partial charge in [0.05, 0.1) is 6.26 Å². The molecular weight excluding hydrogens is 282 g/mol. The molecule has 1 N–H and O–H groups in total. The van der Waals surface area contributed by atoms with E-state index in [0.717, 1.165) is 36.2 Å². The molecule has 0 spiro atoms. The van der Waals surface area contributed by atoms with Gasteiger partial charge in [-0.25, -0.2) is 0 Å². The number of benzene rings is 1. The lowest BCUT2D eigenvalue weighted by Crippen LogP contribution is -2.19. The van der Waals surface area contributed by atoms with Crippen LogP contribution >= 0.6 is 11.3 Å². The molecule has 2 aromatic heterocycles. The molecule has 0 radical (unpaired) electrons. The van der Waals surface area contributed by atoms with E-state index in [1.54, 1.807) is 17.6 Å². The number of para-hydroxylation sites is 1. The zero-order valence-electron chi connectivity index (χ0n) is 12.0. The van der Waals surface area contributed by atoms with Crippen molar-refractivity contribution < 1.29 is 9.15 Å². The first-order valence-electron chi connectivity index (χ1n) is 7.25. The van der Waals surface area contributed by atoms with Gasteiger partial charge in [0.15, 0.2) is 11.3 Å². The van der Waals surface area contributed by atoms with Gasteiger partial charge in [-0.05, 0) is 36.7 Å². The summed E-state index contributed by atoms with van der Waals surface area (Å²) < 4.78 is 11.8. The second kappa shape index (κ2) is 6.78. The van der Waals surface area contributed by atoms with Crippen molar-refractivity contribution >= 4 is 22.3 Å². The molecule has 0 fully saturated rings. The minimum Gasteiger partial charge on any atom is -0.481 e. The first kappa shape index (κ1) is 14.2. The summed E-state index contributed by atoms with van der Waals surface area (Å²) >= 11 is 1.73. The van der Waals surface area contributed by atoms with E-state index in [2.05, 4.69) is 29.8 Å². The van der Waals surface area contributed by atoms with Crippen LogP contribution in [0.25, 0.3) is 11.0 Å². The van der Waals surface area contributed by atoms with Gasteiger partial charge in [0.1, 0.15) is 6.10 Å². The number of hydrogen-bond donors (Lipinski definition) is 1. The Morgan fingerprint density at radius 2 is 2.19 bits per heavy atom. The van der Waals surface area contributed by atoms with E-state index in [0.29, 0.717) is 0 Å². The fourth-order valence-electron chi connectivity index (χ4n) is 2.36. The van der Waals surface area contributed by atoms with Crippen LogP contribution < -0.4 is 10.1 Å². The molecule has 2 heterocycles. The van der Waals surface area contributed by atoms with Crippen LogP contribution in [-0.4, -0.2) is 13.1 Å². The first-order valence-corrected chi connectivity index (χ1v) is 8.13. The first-order chi connectivity index (χ1) is 10.4. The van der Waals surface area contributed by atoms with Crippen molar-refractivity contribution in [3.05, 3.63) is 52.9 Å². The predicted molar refractivity (Wildman–Crippen MR) is 87.1 cm³/mol. The number of nitrogens with one attached hydrogen (secondary N) is 1. The molecule has 1 atom stereocenters. The standard InChI is InChI=1S/C17H19NO2S/c1-2-18-10-8-14(16-7-4-12-21-16)20-15-6-3-5-13-9-11-19-17(13)15/h3-7,9,11-12,14,18H,2,8,10H2,1H3. The highest BCUT2D eigenvalue weighted by atomic mass is 32.1. The zero-order chi connectivity index (χ0) is 14.5. The summed E-state index contributed by atoms with van der Waals surface area (Å²) in [5.41, 5.74) is 0.822. The van der Waals surface area contributed by atoms with E-state index < -0.39 is 0 Å². The van der Waals surface area contributed by atoms with Crippen LogP contribution in [0.3, 0.4) is 0 Å². The molecule has 0 aliphatic carbocycles. The van der Waals surface area contributed by atoms with Gasteiger partial charge >= 0.3 is 0 Å². The van der Waals surface area contributed by atoms with E-state index in [4.69, 9.17) is 9.15 Å². The van der Waals surface area contributed by atoms with Gasteiger partial charge < -0.3 is 14.5 Å². The number of fused-ring (bicyclic) bond motifs is 1. The van der Waals surface area contributed by atoms with Crippen LogP contribution in [0.15, 0.2) is 52.5 Å². The summed E-state index contributed by atoms with van der Waals surface area (Å²) in [6.07, 6.45) is 2.70. The molecule has 21 heavy (non-hydrogen) atoms. The van der Waals surface area contributed by atoms with Crippen LogP contribution in [0.2, 0.25) is 0 Å². The third kappa shape index (κ3) is 3.28. The molecule has 3 nitrogen and oxygen atoms in total. The lowest BCUT2D eigenvalue weighted by molar-refractivity contribution is 0.198. The van der Waals surface area contributed by atoms with Crippen LogP contribution in [0, 0.1) is 0 Å². The van der Waals surface area contributed by atoms with E-state index in [1.165, 1.54) is 4.88 Å². The van der Waals surface area contributed by atoms with Crippen molar-refractivity contribution in [2.45, 2.75) is 19.4 Å². The third-order valence-corrected chi connectivity index (χ3v) is 4.37. The topological polar surface area (TPSA) is 34.4 Å². The highest BCUT2D eigenvalue weighted by molar-refractivity contribution is 7.10. The highest BCUT2D eigenvalue weighted by Gasteiger charge is 2.16. The van der Waals surface area contributed by atoms with E-state index in [1.807, 2.05) is 24.3 Å². The Kier molecular flexibility index (Phi) is 4.58. The Balaban J connectivity index is 1.82. The van der Waals surface area contributed by atoms with E-state index in [-0.39, 0.29) is 6.10 Å². The molecule has 0 aliphatic rings.